The standard InChI is InChI=1S/C3H6N2.2C2H6/c1-2-5-3-4-1;2*1-2/h1-2,4-5H,3H2;2*1-2H3. The van der Waals surface area contributed by atoms with Gasteiger partial charge in [0, 0.05) is 12.4 Å². The van der Waals surface area contributed by atoms with Gasteiger partial charge in [0.2, 0.25) is 0 Å². The van der Waals surface area contributed by atoms with Crippen molar-refractivity contribution in [3.8, 4) is 0 Å². The molecule has 0 saturated carbocycles. The molecule has 0 aromatic rings. The average molecular weight is 130 g/mol. The predicted octanol–water partition coefficient (Wildman–Crippen LogP) is 1.66. The zero-order valence-corrected chi connectivity index (χ0v) is 6.86. The number of nitrogens with one attached hydrogen (secondary N) is 2. The Labute approximate surface area is 58.3 Å². The van der Waals surface area contributed by atoms with E-state index in [0.29, 0.717) is 0 Å². The fourth-order valence-corrected chi connectivity index (χ4v) is 0.295. The summed E-state index contributed by atoms with van der Waals surface area (Å²) in [5.74, 6) is 0. The highest BCUT2D eigenvalue weighted by atomic mass is 15.1. The molecule has 56 valence electrons. The highest BCUT2D eigenvalue weighted by Crippen LogP contribution is 1.65. The molecular weight excluding hydrogens is 112 g/mol. The van der Waals surface area contributed by atoms with Crippen LogP contribution in [0.5, 0.6) is 0 Å². The average Bonchev–Trinajstić information content (AvgIpc) is 2.51. The molecule has 1 rings (SSSR count). The van der Waals surface area contributed by atoms with Gasteiger partial charge in [-0.25, -0.2) is 0 Å². The number of rotatable bonds is 0. The molecule has 0 aromatic carbocycles. The van der Waals surface area contributed by atoms with Crippen LogP contribution >= 0.6 is 0 Å². The van der Waals surface area contributed by atoms with Crippen LogP contribution in [0.15, 0.2) is 12.4 Å². The summed E-state index contributed by atoms with van der Waals surface area (Å²) in [5.41, 5.74) is 0. The van der Waals surface area contributed by atoms with E-state index in [4.69, 9.17) is 0 Å². The van der Waals surface area contributed by atoms with E-state index in [-0.39, 0.29) is 0 Å². The molecule has 9 heavy (non-hydrogen) atoms. The largest absolute Gasteiger partial charge is 0.373 e. The van der Waals surface area contributed by atoms with Gasteiger partial charge in [-0.2, -0.15) is 0 Å². The third-order valence-corrected chi connectivity index (χ3v) is 0.523. The van der Waals surface area contributed by atoms with Crippen LogP contribution in [0.25, 0.3) is 0 Å². The Balaban J connectivity index is 0. The maximum Gasteiger partial charge on any atom is 0.0840 e. The maximum atomic E-state index is 2.93. The second kappa shape index (κ2) is 15.7. The van der Waals surface area contributed by atoms with Crippen molar-refractivity contribution in [1.82, 2.24) is 10.6 Å². The zero-order chi connectivity index (χ0) is 7.54. The first-order valence-corrected chi connectivity index (χ1v) is 3.62. The van der Waals surface area contributed by atoms with E-state index >= 15 is 0 Å². The van der Waals surface area contributed by atoms with Crippen molar-refractivity contribution in [1.29, 1.82) is 0 Å². The Bertz CT molecular complexity index is 44.9. The van der Waals surface area contributed by atoms with Gasteiger partial charge in [0.05, 0.1) is 6.67 Å². The minimum absolute atomic E-state index is 0.889. The topological polar surface area (TPSA) is 24.1 Å². The molecule has 0 amide bonds. The highest BCUT2D eigenvalue weighted by Gasteiger charge is 1.77. The Morgan fingerprint density at radius 2 is 1.22 bits per heavy atom. The molecule has 1 aliphatic rings. The lowest BCUT2D eigenvalue weighted by Gasteiger charge is -1.82. The van der Waals surface area contributed by atoms with Crippen LogP contribution in [-0.2, 0) is 0 Å². The monoisotopic (exact) mass is 130 g/mol. The number of hydrogen-bond donors (Lipinski definition) is 2. The van der Waals surface area contributed by atoms with Gasteiger partial charge in [-0.3, -0.25) is 0 Å². The second-order valence-electron chi connectivity index (χ2n) is 0.918. The summed E-state index contributed by atoms with van der Waals surface area (Å²) in [4.78, 5) is 0. The van der Waals surface area contributed by atoms with Crippen molar-refractivity contribution in [3.05, 3.63) is 12.4 Å². The molecule has 2 nitrogen and oxygen atoms in total. The normalized spacial score (nSPS) is 11.1. The van der Waals surface area contributed by atoms with E-state index in [2.05, 4.69) is 10.6 Å². The summed E-state index contributed by atoms with van der Waals surface area (Å²) in [7, 11) is 0. The Morgan fingerprint density at radius 3 is 1.33 bits per heavy atom. The molecule has 0 saturated heterocycles. The third-order valence-electron chi connectivity index (χ3n) is 0.523. The molecule has 1 heterocycles. The van der Waals surface area contributed by atoms with E-state index in [1.54, 1.807) is 0 Å². The molecule has 0 fully saturated rings. The van der Waals surface area contributed by atoms with E-state index in [1.165, 1.54) is 0 Å². The van der Waals surface area contributed by atoms with Gasteiger partial charge in [-0.1, -0.05) is 27.7 Å². The summed E-state index contributed by atoms with van der Waals surface area (Å²) < 4.78 is 0. The third kappa shape index (κ3) is 11.1. The molecule has 2 heteroatoms. The SMILES string of the molecule is C1=CNCN1.CC.CC. The van der Waals surface area contributed by atoms with Crippen LogP contribution in [0, 0.1) is 0 Å². The first-order valence-electron chi connectivity index (χ1n) is 3.62. The molecule has 0 atom stereocenters. The minimum Gasteiger partial charge on any atom is -0.373 e. The highest BCUT2D eigenvalue weighted by molar-refractivity contribution is 4.82. The van der Waals surface area contributed by atoms with Crippen molar-refractivity contribution < 1.29 is 0 Å². The summed E-state index contributed by atoms with van der Waals surface area (Å²) in [6, 6.07) is 0. The summed E-state index contributed by atoms with van der Waals surface area (Å²) in [6.07, 6.45) is 3.75. The van der Waals surface area contributed by atoms with Gasteiger partial charge >= 0.3 is 0 Å². The van der Waals surface area contributed by atoms with Crippen molar-refractivity contribution in [2.24, 2.45) is 0 Å². The molecule has 0 radical (unpaired) electrons. The van der Waals surface area contributed by atoms with Gasteiger partial charge in [-0.15, -0.1) is 0 Å². The first-order chi connectivity index (χ1) is 4.50. The van der Waals surface area contributed by atoms with Gasteiger partial charge in [0.25, 0.3) is 0 Å². The van der Waals surface area contributed by atoms with Crippen LogP contribution < -0.4 is 10.6 Å². The van der Waals surface area contributed by atoms with E-state index in [0.717, 1.165) is 6.67 Å². The molecule has 0 aromatic heterocycles. The Morgan fingerprint density at radius 1 is 0.889 bits per heavy atom. The fraction of sp³-hybridized carbons (Fsp3) is 0.714. The van der Waals surface area contributed by atoms with Crippen molar-refractivity contribution in [2.45, 2.75) is 27.7 Å². The van der Waals surface area contributed by atoms with Crippen molar-refractivity contribution in [3.63, 3.8) is 0 Å². The molecule has 0 unspecified atom stereocenters. The summed E-state index contributed by atoms with van der Waals surface area (Å²) >= 11 is 0. The zero-order valence-electron chi connectivity index (χ0n) is 6.86. The van der Waals surface area contributed by atoms with E-state index < -0.39 is 0 Å². The van der Waals surface area contributed by atoms with Crippen molar-refractivity contribution >= 4 is 0 Å². The summed E-state index contributed by atoms with van der Waals surface area (Å²) in [5, 5.41) is 5.86. The van der Waals surface area contributed by atoms with Crippen molar-refractivity contribution in [2.75, 3.05) is 6.67 Å². The lowest BCUT2D eigenvalue weighted by atomic mass is 11.0. The van der Waals surface area contributed by atoms with Crippen LogP contribution in [0.4, 0.5) is 0 Å². The first kappa shape index (κ1) is 11.2. The van der Waals surface area contributed by atoms with Gasteiger partial charge in [0.1, 0.15) is 0 Å². The Hall–Kier alpha value is -0.660. The molecule has 0 bridgehead atoms. The lowest BCUT2D eigenvalue weighted by Crippen LogP contribution is -2.10. The Kier molecular flexibility index (Phi) is 19.5. The summed E-state index contributed by atoms with van der Waals surface area (Å²) in [6.45, 7) is 8.89. The smallest absolute Gasteiger partial charge is 0.0840 e. The van der Waals surface area contributed by atoms with Gasteiger partial charge < -0.3 is 10.6 Å². The molecule has 2 N–H and O–H groups in total. The van der Waals surface area contributed by atoms with Gasteiger partial charge in [0.15, 0.2) is 0 Å². The predicted molar refractivity (Wildman–Crippen MR) is 43.0 cm³/mol. The van der Waals surface area contributed by atoms with Gasteiger partial charge in [-0.05, 0) is 0 Å². The molecular formula is C7H18N2. The van der Waals surface area contributed by atoms with E-state index in [9.17, 15) is 0 Å². The lowest BCUT2D eigenvalue weighted by molar-refractivity contribution is 0.836. The van der Waals surface area contributed by atoms with E-state index in [1.807, 2.05) is 40.1 Å². The number of hydrogen-bond acceptors (Lipinski definition) is 2. The molecule has 0 aliphatic carbocycles. The minimum atomic E-state index is 0.889. The van der Waals surface area contributed by atoms with Crippen LogP contribution in [0.1, 0.15) is 27.7 Å². The maximum absolute atomic E-state index is 2.93. The van der Waals surface area contributed by atoms with Crippen LogP contribution in [0.3, 0.4) is 0 Å². The quantitative estimate of drug-likeness (QED) is 0.521. The van der Waals surface area contributed by atoms with Crippen LogP contribution in [-0.4, -0.2) is 6.67 Å². The molecule has 1 aliphatic heterocycles. The second-order valence-corrected chi connectivity index (χ2v) is 0.918. The molecule has 0 spiro atoms. The van der Waals surface area contributed by atoms with Crippen LogP contribution in [0.2, 0.25) is 0 Å². The fourth-order valence-electron chi connectivity index (χ4n) is 0.295.